The number of nitrogens with one attached hydrogen (secondary N) is 2. The fourth-order valence-corrected chi connectivity index (χ4v) is 4.78. The standard InChI is InChI=1S/C20H21BrN2O6S/c21-17-5-4-15(30(25,26)23-11-14-2-1-7-27-14)9-16(17)20(24)22-10-13-3-6-18-19(8-13)29-12-28-18/h3-6,8-9,14,23H,1-2,7,10-12H2,(H,22,24)/t14-/m0/s1. The van der Waals surface area contributed by atoms with Crippen LogP contribution < -0.4 is 19.5 Å². The van der Waals surface area contributed by atoms with Gasteiger partial charge in [-0.1, -0.05) is 6.07 Å². The summed E-state index contributed by atoms with van der Waals surface area (Å²) in [5, 5.41) is 2.80. The molecule has 0 spiro atoms. The summed E-state index contributed by atoms with van der Waals surface area (Å²) in [4.78, 5) is 12.7. The van der Waals surface area contributed by atoms with E-state index >= 15 is 0 Å². The molecule has 2 aromatic carbocycles. The van der Waals surface area contributed by atoms with Crippen LogP contribution >= 0.6 is 15.9 Å². The van der Waals surface area contributed by atoms with Crippen molar-refractivity contribution >= 4 is 31.9 Å². The third kappa shape index (κ3) is 4.77. The van der Waals surface area contributed by atoms with Crippen molar-refractivity contribution in [3.05, 3.63) is 52.0 Å². The van der Waals surface area contributed by atoms with Gasteiger partial charge in [-0.15, -0.1) is 0 Å². The molecule has 160 valence electrons. The summed E-state index contributed by atoms with van der Waals surface area (Å²) in [6.07, 6.45) is 1.65. The molecule has 10 heteroatoms. The third-order valence-electron chi connectivity index (χ3n) is 4.91. The van der Waals surface area contributed by atoms with Crippen molar-refractivity contribution in [1.29, 1.82) is 0 Å². The molecule has 0 aliphatic carbocycles. The highest BCUT2D eigenvalue weighted by Gasteiger charge is 2.22. The molecular weight excluding hydrogens is 476 g/mol. The minimum atomic E-state index is -3.76. The molecule has 4 rings (SSSR count). The number of ether oxygens (including phenoxy) is 3. The SMILES string of the molecule is O=C(NCc1ccc2c(c1)OCO2)c1cc(S(=O)(=O)NC[C@@H]2CCCO2)ccc1Br. The predicted octanol–water partition coefficient (Wildman–Crippen LogP) is 2.57. The quantitative estimate of drug-likeness (QED) is 0.610. The van der Waals surface area contributed by atoms with Crippen LogP contribution in [0.1, 0.15) is 28.8 Å². The highest BCUT2D eigenvalue weighted by molar-refractivity contribution is 9.10. The van der Waals surface area contributed by atoms with E-state index in [1.807, 2.05) is 6.07 Å². The third-order valence-corrected chi connectivity index (χ3v) is 7.02. The number of halogens is 1. The topological polar surface area (TPSA) is 103 Å². The van der Waals surface area contributed by atoms with Crippen LogP contribution in [0.4, 0.5) is 0 Å². The monoisotopic (exact) mass is 496 g/mol. The number of hydrogen-bond donors (Lipinski definition) is 2. The van der Waals surface area contributed by atoms with E-state index in [4.69, 9.17) is 14.2 Å². The van der Waals surface area contributed by atoms with Crippen molar-refractivity contribution in [1.82, 2.24) is 10.0 Å². The second-order valence-corrected chi connectivity index (χ2v) is 9.62. The van der Waals surface area contributed by atoms with Gasteiger partial charge in [-0.05, 0) is 64.7 Å². The molecule has 2 aromatic rings. The van der Waals surface area contributed by atoms with Gasteiger partial charge in [0.2, 0.25) is 16.8 Å². The van der Waals surface area contributed by atoms with Crippen molar-refractivity contribution in [2.24, 2.45) is 0 Å². The molecule has 2 heterocycles. The Morgan fingerprint density at radius 3 is 2.77 bits per heavy atom. The van der Waals surface area contributed by atoms with Gasteiger partial charge >= 0.3 is 0 Å². The lowest BCUT2D eigenvalue weighted by molar-refractivity contribution is 0.0949. The van der Waals surface area contributed by atoms with E-state index in [2.05, 4.69) is 26.0 Å². The maximum Gasteiger partial charge on any atom is 0.252 e. The molecule has 1 atom stereocenters. The zero-order chi connectivity index (χ0) is 21.1. The van der Waals surface area contributed by atoms with Crippen LogP contribution in [0.15, 0.2) is 45.8 Å². The fourth-order valence-electron chi connectivity index (χ4n) is 3.27. The normalized spacial score (nSPS) is 17.8. The molecular formula is C20H21BrN2O6S. The van der Waals surface area contributed by atoms with Crippen molar-refractivity contribution in [2.75, 3.05) is 19.9 Å². The van der Waals surface area contributed by atoms with Crippen LogP contribution in [-0.4, -0.2) is 40.4 Å². The van der Waals surface area contributed by atoms with Gasteiger partial charge in [0.15, 0.2) is 11.5 Å². The first kappa shape index (κ1) is 21.1. The minimum Gasteiger partial charge on any atom is -0.454 e. The van der Waals surface area contributed by atoms with Crippen molar-refractivity contribution < 1.29 is 27.4 Å². The van der Waals surface area contributed by atoms with Crippen LogP contribution in [0.3, 0.4) is 0 Å². The van der Waals surface area contributed by atoms with Crippen LogP contribution in [0, 0.1) is 0 Å². The maximum absolute atomic E-state index is 12.7. The lowest BCUT2D eigenvalue weighted by Gasteiger charge is -2.13. The van der Waals surface area contributed by atoms with E-state index in [9.17, 15) is 13.2 Å². The summed E-state index contributed by atoms with van der Waals surface area (Å²) >= 11 is 3.32. The summed E-state index contributed by atoms with van der Waals surface area (Å²) in [6, 6.07) is 9.78. The number of amides is 1. The molecule has 0 aromatic heterocycles. The number of hydrogen-bond acceptors (Lipinski definition) is 6. The largest absolute Gasteiger partial charge is 0.454 e. The van der Waals surface area contributed by atoms with Gasteiger partial charge in [0, 0.05) is 24.2 Å². The molecule has 2 aliphatic heterocycles. The summed E-state index contributed by atoms with van der Waals surface area (Å²) in [6.45, 7) is 1.30. The van der Waals surface area contributed by atoms with Gasteiger partial charge in [-0.2, -0.15) is 0 Å². The zero-order valence-corrected chi connectivity index (χ0v) is 18.4. The van der Waals surface area contributed by atoms with Gasteiger partial charge in [0.1, 0.15) is 0 Å². The molecule has 2 aliphatic rings. The molecule has 1 amide bonds. The Hall–Kier alpha value is -2.14. The lowest BCUT2D eigenvalue weighted by atomic mass is 10.2. The average Bonchev–Trinajstić information content (AvgIpc) is 3.42. The molecule has 2 N–H and O–H groups in total. The Bertz CT molecular complexity index is 1050. The Balaban J connectivity index is 1.43. The predicted molar refractivity (Wildman–Crippen MR) is 112 cm³/mol. The van der Waals surface area contributed by atoms with Crippen LogP contribution in [0.2, 0.25) is 0 Å². The second kappa shape index (κ2) is 8.93. The Kier molecular flexibility index (Phi) is 6.28. The van der Waals surface area contributed by atoms with Crippen LogP contribution in [-0.2, 0) is 21.3 Å². The number of carbonyl (C=O) groups is 1. The van der Waals surface area contributed by atoms with E-state index in [1.165, 1.54) is 12.1 Å². The Morgan fingerprint density at radius 2 is 1.97 bits per heavy atom. The van der Waals surface area contributed by atoms with Crippen molar-refractivity contribution in [3.8, 4) is 11.5 Å². The molecule has 1 saturated heterocycles. The lowest BCUT2D eigenvalue weighted by Crippen LogP contribution is -2.32. The van der Waals surface area contributed by atoms with Gasteiger partial charge < -0.3 is 19.5 Å². The van der Waals surface area contributed by atoms with Crippen molar-refractivity contribution in [3.63, 3.8) is 0 Å². The molecule has 1 fully saturated rings. The van der Waals surface area contributed by atoms with E-state index in [0.29, 0.717) is 22.6 Å². The molecule has 0 saturated carbocycles. The summed E-state index contributed by atoms with van der Waals surface area (Å²) < 4.78 is 44.4. The van der Waals surface area contributed by atoms with Crippen LogP contribution in [0.25, 0.3) is 0 Å². The molecule has 0 bridgehead atoms. The molecule has 8 nitrogen and oxygen atoms in total. The fraction of sp³-hybridized carbons (Fsp3) is 0.350. The highest BCUT2D eigenvalue weighted by Crippen LogP contribution is 2.32. The molecule has 0 unspecified atom stereocenters. The van der Waals surface area contributed by atoms with Crippen molar-refractivity contribution in [2.45, 2.75) is 30.4 Å². The first-order valence-electron chi connectivity index (χ1n) is 9.50. The number of rotatable bonds is 7. The maximum atomic E-state index is 12.7. The zero-order valence-electron chi connectivity index (χ0n) is 16.0. The highest BCUT2D eigenvalue weighted by atomic mass is 79.9. The van der Waals surface area contributed by atoms with E-state index in [-0.39, 0.29) is 36.4 Å². The first-order valence-corrected chi connectivity index (χ1v) is 11.8. The first-order chi connectivity index (χ1) is 14.4. The average molecular weight is 497 g/mol. The van der Waals surface area contributed by atoms with Gasteiger partial charge in [-0.3, -0.25) is 4.79 Å². The summed E-state index contributed by atoms with van der Waals surface area (Å²) in [5.74, 6) is 0.908. The second-order valence-electron chi connectivity index (χ2n) is 7.00. The van der Waals surface area contributed by atoms with Crippen LogP contribution in [0.5, 0.6) is 11.5 Å². The van der Waals surface area contributed by atoms with E-state index in [1.54, 1.807) is 18.2 Å². The number of carbonyl (C=O) groups excluding carboxylic acids is 1. The Morgan fingerprint density at radius 1 is 1.13 bits per heavy atom. The van der Waals surface area contributed by atoms with E-state index < -0.39 is 15.9 Å². The minimum absolute atomic E-state index is 0.0249. The van der Waals surface area contributed by atoms with E-state index in [0.717, 1.165) is 18.4 Å². The van der Waals surface area contributed by atoms with Gasteiger partial charge in [0.25, 0.3) is 5.91 Å². The van der Waals surface area contributed by atoms with Gasteiger partial charge in [0.05, 0.1) is 16.6 Å². The number of sulfonamides is 1. The summed E-state index contributed by atoms with van der Waals surface area (Å²) in [5.41, 5.74) is 1.07. The number of fused-ring (bicyclic) bond motifs is 1. The Labute approximate surface area is 183 Å². The molecule has 30 heavy (non-hydrogen) atoms. The van der Waals surface area contributed by atoms with Gasteiger partial charge in [-0.25, -0.2) is 13.1 Å². The summed E-state index contributed by atoms with van der Waals surface area (Å²) in [7, 11) is -3.76. The number of benzene rings is 2. The smallest absolute Gasteiger partial charge is 0.252 e. The molecule has 0 radical (unpaired) electrons.